The first-order valence-corrected chi connectivity index (χ1v) is 7.11. The van der Waals surface area contributed by atoms with E-state index in [4.69, 9.17) is 21.1 Å². The number of esters is 1. The van der Waals surface area contributed by atoms with Gasteiger partial charge in [0.1, 0.15) is 5.82 Å². The van der Waals surface area contributed by atoms with Crippen LogP contribution in [-0.4, -0.2) is 19.2 Å². The van der Waals surface area contributed by atoms with Crippen molar-refractivity contribution in [2.24, 2.45) is 5.92 Å². The van der Waals surface area contributed by atoms with Crippen LogP contribution in [0.3, 0.4) is 0 Å². The van der Waals surface area contributed by atoms with Crippen molar-refractivity contribution in [2.75, 3.05) is 7.11 Å². The van der Waals surface area contributed by atoms with Crippen LogP contribution in [0, 0.1) is 11.7 Å². The molecule has 1 aliphatic carbocycles. The topological polar surface area (TPSA) is 35.5 Å². The third-order valence-electron chi connectivity index (χ3n) is 3.68. The molecule has 0 saturated heterocycles. The van der Waals surface area contributed by atoms with Crippen molar-refractivity contribution in [3.8, 4) is 0 Å². The van der Waals surface area contributed by atoms with E-state index in [0.29, 0.717) is 6.61 Å². The fourth-order valence-electron chi connectivity index (χ4n) is 2.48. The molecule has 5 heteroatoms. The fraction of sp³-hybridized carbons (Fsp3) is 0.533. The van der Waals surface area contributed by atoms with Gasteiger partial charge in [-0.3, -0.25) is 4.79 Å². The van der Waals surface area contributed by atoms with Crippen LogP contribution < -0.4 is 0 Å². The standard InChI is InChI=1S/C15H18ClFO3/c1-19-15(18)11-3-5-12(6-4-11)20-9-10-2-7-14(17)13(16)8-10/h2,7-8,11-12H,3-6,9H2,1H3. The molecule has 0 atom stereocenters. The van der Waals surface area contributed by atoms with E-state index >= 15 is 0 Å². The Morgan fingerprint density at radius 3 is 2.65 bits per heavy atom. The lowest BCUT2D eigenvalue weighted by atomic mass is 9.87. The number of benzene rings is 1. The van der Waals surface area contributed by atoms with Crippen LogP contribution in [0.15, 0.2) is 18.2 Å². The summed E-state index contributed by atoms with van der Waals surface area (Å²) < 4.78 is 23.6. The van der Waals surface area contributed by atoms with Crippen LogP contribution >= 0.6 is 11.6 Å². The molecule has 0 amide bonds. The number of rotatable bonds is 4. The highest BCUT2D eigenvalue weighted by atomic mass is 35.5. The Balaban J connectivity index is 1.78. The summed E-state index contributed by atoms with van der Waals surface area (Å²) in [5.74, 6) is -0.553. The van der Waals surface area contributed by atoms with Crippen LogP contribution in [0.5, 0.6) is 0 Å². The molecule has 2 rings (SSSR count). The molecular weight excluding hydrogens is 283 g/mol. The van der Waals surface area contributed by atoms with Crippen molar-refractivity contribution in [2.45, 2.75) is 38.4 Å². The highest BCUT2D eigenvalue weighted by molar-refractivity contribution is 6.30. The lowest BCUT2D eigenvalue weighted by Crippen LogP contribution is -2.26. The molecule has 1 aromatic carbocycles. The number of carbonyl (C=O) groups excluding carboxylic acids is 1. The van der Waals surface area contributed by atoms with E-state index in [1.165, 1.54) is 13.2 Å². The maximum absolute atomic E-state index is 13.0. The molecule has 0 heterocycles. The Bertz CT molecular complexity index is 470. The summed E-state index contributed by atoms with van der Waals surface area (Å²) >= 11 is 5.72. The maximum Gasteiger partial charge on any atom is 0.308 e. The summed E-state index contributed by atoms with van der Waals surface area (Å²) in [6.07, 6.45) is 3.41. The lowest BCUT2D eigenvalue weighted by Gasteiger charge is -2.27. The van der Waals surface area contributed by atoms with Gasteiger partial charge in [0.15, 0.2) is 0 Å². The molecule has 0 N–H and O–H groups in total. The average molecular weight is 301 g/mol. The van der Waals surface area contributed by atoms with Gasteiger partial charge in [0.2, 0.25) is 0 Å². The van der Waals surface area contributed by atoms with Crippen molar-refractivity contribution >= 4 is 17.6 Å². The summed E-state index contributed by atoms with van der Waals surface area (Å²) in [4.78, 5) is 11.4. The lowest BCUT2D eigenvalue weighted by molar-refractivity contribution is -0.147. The number of carbonyl (C=O) groups is 1. The summed E-state index contributed by atoms with van der Waals surface area (Å²) in [6, 6.07) is 4.59. The quantitative estimate of drug-likeness (QED) is 0.795. The van der Waals surface area contributed by atoms with E-state index in [1.807, 2.05) is 0 Å². The highest BCUT2D eigenvalue weighted by Crippen LogP contribution is 2.28. The maximum atomic E-state index is 13.0. The van der Waals surface area contributed by atoms with Gasteiger partial charge in [0.25, 0.3) is 0 Å². The van der Waals surface area contributed by atoms with E-state index in [0.717, 1.165) is 31.2 Å². The van der Waals surface area contributed by atoms with Crippen molar-refractivity contribution in [1.82, 2.24) is 0 Å². The van der Waals surface area contributed by atoms with Gasteiger partial charge in [-0.1, -0.05) is 17.7 Å². The minimum absolute atomic E-state index is 0.000107. The molecule has 1 fully saturated rings. The van der Waals surface area contributed by atoms with Crippen LogP contribution in [0.4, 0.5) is 4.39 Å². The first-order chi connectivity index (χ1) is 9.60. The second kappa shape index (κ2) is 7.04. The van der Waals surface area contributed by atoms with Gasteiger partial charge in [-0.15, -0.1) is 0 Å². The minimum Gasteiger partial charge on any atom is -0.469 e. The molecule has 0 spiro atoms. The molecule has 0 aliphatic heterocycles. The molecular formula is C15H18ClFO3. The molecule has 1 aliphatic rings. The van der Waals surface area contributed by atoms with Crippen LogP contribution in [0.25, 0.3) is 0 Å². The third-order valence-corrected chi connectivity index (χ3v) is 3.97. The smallest absolute Gasteiger partial charge is 0.308 e. The molecule has 0 bridgehead atoms. The molecule has 1 saturated carbocycles. The summed E-state index contributed by atoms with van der Waals surface area (Å²) in [7, 11) is 1.42. The van der Waals surface area contributed by atoms with E-state index in [1.54, 1.807) is 12.1 Å². The second-order valence-electron chi connectivity index (χ2n) is 5.06. The SMILES string of the molecule is COC(=O)C1CCC(OCc2ccc(F)c(Cl)c2)CC1. The van der Waals surface area contributed by atoms with Crippen molar-refractivity contribution in [1.29, 1.82) is 0 Å². The van der Waals surface area contributed by atoms with Crippen molar-refractivity contribution in [3.63, 3.8) is 0 Å². The van der Waals surface area contributed by atoms with Gasteiger partial charge in [0, 0.05) is 0 Å². The molecule has 20 heavy (non-hydrogen) atoms. The second-order valence-corrected chi connectivity index (χ2v) is 5.46. The number of ether oxygens (including phenoxy) is 2. The summed E-state index contributed by atoms with van der Waals surface area (Å²) in [5, 5.41) is 0.112. The molecule has 110 valence electrons. The van der Waals surface area contributed by atoms with E-state index < -0.39 is 5.82 Å². The van der Waals surface area contributed by atoms with E-state index in [-0.39, 0.29) is 23.0 Å². The first-order valence-electron chi connectivity index (χ1n) is 6.73. The number of hydrogen-bond acceptors (Lipinski definition) is 3. The van der Waals surface area contributed by atoms with Gasteiger partial charge in [0.05, 0.1) is 30.8 Å². The van der Waals surface area contributed by atoms with E-state index in [2.05, 4.69) is 0 Å². The largest absolute Gasteiger partial charge is 0.469 e. The Hall–Kier alpha value is -1.13. The molecule has 0 aromatic heterocycles. The van der Waals surface area contributed by atoms with Gasteiger partial charge in [-0.25, -0.2) is 4.39 Å². The zero-order valence-corrected chi connectivity index (χ0v) is 12.2. The van der Waals surface area contributed by atoms with Gasteiger partial charge >= 0.3 is 5.97 Å². The number of halogens is 2. The predicted octanol–water partition coefficient (Wildman–Crippen LogP) is 3.73. The Morgan fingerprint density at radius 2 is 2.05 bits per heavy atom. The monoisotopic (exact) mass is 300 g/mol. The first kappa shape index (κ1) is 15.3. The molecule has 3 nitrogen and oxygen atoms in total. The van der Waals surface area contributed by atoms with Crippen LogP contribution in [-0.2, 0) is 20.9 Å². The molecule has 1 aromatic rings. The summed E-state index contributed by atoms with van der Waals surface area (Å²) in [5.41, 5.74) is 0.853. The summed E-state index contributed by atoms with van der Waals surface area (Å²) in [6.45, 7) is 0.410. The fourth-order valence-corrected chi connectivity index (χ4v) is 2.68. The van der Waals surface area contributed by atoms with Crippen LogP contribution in [0.2, 0.25) is 5.02 Å². The van der Waals surface area contributed by atoms with Crippen LogP contribution in [0.1, 0.15) is 31.2 Å². The highest BCUT2D eigenvalue weighted by Gasteiger charge is 2.27. The van der Waals surface area contributed by atoms with Gasteiger partial charge < -0.3 is 9.47 Å². The van der Waals surface area contributed by atoms with Crippen molar-refractivity contribution < 1.29 is 18.7 Å². The Kier molecular flexibility index (Phi) is 5.38. The normalized spacial score (nSPS) is 22.6. The number of methoxy groups -OCH3 is 1. The predicted molar refractivity (Wildman–Crippen MR) is 74.0 cm³/mol. The number of hydrogen-bond donors (Lipinski definition) is 0. The van der Waals surface area contributed by atoms with E-state index in [9.17, 15) is 9.18 Å². The van der Waals surface area contributed by atoms with Crippen molar-refractivity contribution in [3.05, 3.63) is 34.6 Å². The molecule has 0 unspecified atom stereocenters. The Labute approximate surface area is 123 Å². The zero-order valence-electron chi connectivity index (χ0n) is 11.4. The minimum atomic E-state index is -0.422. The average Bonchev–Trinajstić information content (AvgIpc) is 2.48. The van der Waals surface area contributed by atoms with Gasteiger partial charge in [-0.05, 0) is 43.4 Å². The Morgan fingerprint density at radius 1 is 1.35 bits per heavy atom. The zero-order chi connectivity index (χ0) is 14.5. The third kappa shape index (κ3) is 3.93. The molecule has 0 radical (unpaired) electrons. The van der Waals surface area contributed by atoms with Gasteiger partial charge in [-0.2, -0.15) is 0 Å².